The van der Waals surface area contributed by atoms with Crippen LogP contribution in [0.2, 0.25) is 5.02 Å². The first-order valence-electron chi connectivity index (χ1n) is 6.73. The Bertz CT molecular complexity index is 719. The summed E-state index contributed by atoms with van der Waals surface area (Å²) in [5.74, 6) is 1.12. The van der Waals surface area contributed by atoms with Gasteiger partial charge in [-0.05, 0) is 29.8 Å². The van der Waals surface area contributed by atoms with Crippen LogP contribution in [0, 0.1) is 0 Å². The number of nitrogens with one attached hydrogen (secondary N) is 1. The number of ether oxygens (including phenoxy) is 2. The number of benzene rings is 2. The van der Waals surface area contributed by atoms with Gasteiger partial charge in [0.05, 0.1) is 13.3 Å². The predicted molar refractivity (Wildman–Crippen MR) is 89.1 cm³/mol. The van der Waals surface area contributed by atoms with Crippen molar-refractivity contribution in [3.05, 3.63) is 58.6 Å². The van der Waals surface area contributed by atoms with Gasteiger partial charge in [0.1, 0.15) is 6.61 Å². The van der Waals surface area contributed by atoms with Crippen LogP contribution in [0.4, 0.5) is 4.79 Å². The zero-order valence-corrected chi connectivity index (χ0v) is 13.2. The molecule has 0 saturated carbocycles. The van der Waals surface area contributed by atoms with Gasteiger partial charge in [-0.1, -0.05) is 29.8 Å². The largest absolute Gasteiger partial charge is 0.493 e. The van der Waals surface area contributed by atoms with Crippen molar-refractivity contribution in [1.29, 1.82) is 0 Å². The van der Waals surface area contributed by atoms with E-state index in [1.54, 1.807) is 31.4 Å². The summed E-state index contributed by atoms with van der Waals surface area (Å²) in [6.07, 6.45) is 1.45. The third-order valence-electron chi connectivity index (χ3n) is 2.92. The molecule has 0 aromatic heterocycles. The summed E-state index contributed by atoms with van der Waals surface area (Å²) in [7, 11) is 1.56. The van der Waals surface area contributed by atoms with E-state index >= 15 is 0 Å². The summed E-state index contributed by atoms with van der Waals surface area (Å²) in [6.45, 7) is 0.302. The van der Waals surface area contributed by atoms with Gasteiger partial charge in [-0.25, -0.2) is 10.2 Å². The van der Waals surface area contributed by atoms with Crippen LogP contribution in [0.1, 0.15) is 11.1 Å². The lowest BCUT2D eigenvalue weighted by molar-refractivity contribution is 0.249. The minimum atomic E-state index is -0.732. The third kappa shape index (κ3) is 4.89. The lowest BCUT2D eigenvalue weighted by Crippen LogP contribution is -2.24. The van der Waals surface area contributed by atoms with Gasteiger partial charge in [0, 0.05) is 10.6 Å². The first-order valence-corrected chi connectivity index (χ1v) is 7.10. The van der Waals surface area contributed by atoms with Gasteiger partial charge in [-0.2, -0.15) is 5.10 Å². The number of primary amides is 1. The summed E-state index contributed by atoms with van der Waals surface area (Å²) in [5, 5.41) is 4.34. The second kappa shape index (κ2) is 8.05. The molecule has 0 bridgehead atoms. The Morgan fingerprint density at radius 3 is 2.78 bits per heavy atom. The van der Waals surface area contributed by atoms with Crippen LogP contribution in [-0.2, 0) is 6.61 Å². The fourth-order valence-corrected chi connectivity index (χ4v) is 2.02. The van der Waals surface area contributed by atoms with E-state index in [0.29, 0.717) is 28.7 Å². The summed E-state index contributed by atoms with van der Waals surface area (Å²) in [5.41, 5.74) is 8.65. The van der Waals surface area contributed by atoms with Gasteiger partial charge in [0.15, 0.2) is 11.5 Å². The van der Waals surface area contributed by atoms with Crippen molar-refractivity contribution < 1.29 is 14.3 Å². The van der Waals surface area contributed by atoms with Crippen LogP contribution >= 0.6 is 11.6 Å². The number of amides is 2. The van der Waals surface area contributed by atoms with E-state index in [-0.39, 0.29) is 0 Å². The molecule has 0 aliphatic heterocycles. The number of halogens is 1. The van der Waals surface area contributed by atoms with Crippen molar-refractivity contribution in [3.8, 4) is 11.5 Å². The van der Waals surface area contributed by atoms with E-state index in [4.69, 9.17) is 26.8 Å². The predicted octanol–water partition coefficient (Wildman–Crippen LogP) is 2.93. The summed E-state index contributed by atoms with van der Waals surface area (Å²) in [4.78, 5) is 10.6. The van der Waals surface area contributed by atoms with Crippen molar-refractivity contribution in [2.45, 2.75) is 6.61 Å². The van der Waals surface area contributed by atoms with Crippen molar-refractivity contribution in [1.82, 2.24) is 5.43 Å². The number of hydrazone groups is 1. The standard InChI is InChI=1S/C16H16ClN3O3/c1-22-14-7-6-11(9-19-20-16(18)21)8-15(14)23-10-12-4-2-3-5-13(12)17/h2-9H,10H2,1H3,(H3,18,20,21)/b19-9-. The molecule has 0 aliphatic rings. The van der Waals surface area contributed by atoms with Crippen LogP contribution in [0.5, 0.6) is 11.5 Å². The smallest absolute Gasteiger partial charge is 0.332 e. The van der Waals surface area contributed by atoms with Crippen molar-refractivity contribution in [3.63, 3.8) is 0 Å². The Morgan fingerprint density at radius 2 is 2.09 bits per heavy atom. The number of hydrogen-bond donors (Lipinski definition) is 2. The Hall–Kier alpha value is -2.73. The molecule has 2 amide bonds. The zero-order chi connectivity index (χ0) is 16.7. The van der Waals surface area contributed by atoms with E-state index in [0.717, 1.165) is 5.56 Å². The van der Waals surface area contributed by atoms with Gasteiger partial charge in [-0.3, -0.25) is 0 Å². The minimum Gasteiger partial charge on any atom is -0.493 e. The lowest BCUT2D eigenvalue weighted by Gasteiger charge is -2.12. The SMILES string of the molecule is COc1ccc(/C=N\NC(N)=O)cc1OCc1ccccc1Cl. The highest BCUT2D eigenvalue weighted by molar-refractivity contribution is 6.31. The van der Waals surface area contributed by atoms with E-state index in [1.807, 2.05) is 18.2 Å². The number of nitrogens with zero attached hydrogens (tertiary/aromatic N) is 1. The molecule has 6 nitrogen and oxygen atoms in total. The summed E-state index contributed by atoms with van der Waals surface area (Å²) >= 11 is 6.11. The number of carbonyl (C=O) groups excluding carboxylic acids is 1. The van der Waals surface area contributed by atoms with Crippen molar-refractivity contribution in [2.24, 2.45) is 10.8 Å². The first-order chi connectivity index (χ1) is 11.1. The van der Waals surface area contributed by atoms with Crippen LogP contribution < -0.4 is 20.6 Å². The number of nitrogens with two attached hydrogens (primary N) is 1. The maximum atomic E-state index is 10.6. The average molecular weight is 334 g/mol. The van der Waals surface area contributed by atoms with E-state index in [2.05, 4.69) is 10.5 Å². The topological polar surface area (TPSA) is 85.9 Å². The fourth-order valence-electron chi connectivity index (χ4n) is 1.83. The van der Waals surface area contributed by atoms with Gasteiger partial charge < -0.3 is 15.2 Å². The molecule has 0 unspecified atom stereocenters. The average Bonchev–Trinajstić information content (AvgIpc) is 2.54. The molecule has 23 heavy (non-hydrogen) atoms. The Kier molecular flexibility index (Phi) is 5.82. The van der Waals surface area contributed by atoms with Crippen molar-refractivity contribution in [2.75, 3.05) is 7.11 Å². The van der Waals surface area contributed by atoms with Crippen LogP contribution in [0.3, 0.4) is 0 Å². The quantitative estimate of drug-likeness (QED) is 0.629. The highest BCUT2D eigenvalue weighted by atomic mass is 35.5. The summed E-state index contributed by atoms with van der Waals surface area (Å²) in [6, 6.07) is 12.0. The molecular weight excluding hydrogens is 318 g/mol. The van der Waals surface area contributed by atoms with Crippen LogP contribution in [-0.4, -0.2) is 19.4 Å². The Labute approximate surface area is 138 Å². The molecule has 2 rings (SSSR count). The maximum absolute atomic E-state index is 10.6. The van der Waals surface area contributed by atoms with Crippen LogP contribution in [0.25, 0.3) is 0 Å². The summed E-state index contributed by atoms with van der Waals surface area (Å²) < 4.78 is 11.0. The lowest BCUT2D eigenvalue weighted by atomic mass is 10.2. The van der Waals surface area contributed by atoms with Gasteiger partial charge in [0.25, 0.3) is 0 Å². The first kappa shape index (κ1) is 16.6. The normalized spacial score (nSPS) is 10.5. The molecule has 2 aromatic rings. The maximum Gasteiger partial charge on any atom is 0.332 e. The molecule has 0 spiro atoms. The third-order valence-corrected chi connectivity index (χ3v) is 3.29. The van der Waals surface area contributed by atoms with Crippen LogP contribution in [0.15, 0.2) is 47.6 Å². The van der Waals surface area contributed by atoms with E-state index in [1.165, 1.54) is 6.21 Å². The number of methoxy groups -OCH3 is 1. The van der Waals surface area contributed by atoms with Gasteiger partial charge >= 0.3 is 6.03 Å². The molecule has 0 fully saturated rings. The molecule has 7 heteroatoms. The molecule has 3 N–H and O–H groups in total. The van der Waals surface area contributed by atoms with E-state index in [9.17, 15) is 4.79 Å². The number of carbonyl (C=O) groups is 1. The highest BCUT2D eigenvalue weighted by Gasteiger charge is 2.07. The number of urea groups is 1. The second-order valence-corrected chi connectivity index (χ2v) is 4.93. The highest BCUT2D eigenvalue weighted by Crippen LogP contribution is 2.29. The molecule has 0 radical (unpaired) electrons. The van der Waals surface area contributed by atoms with Gasteiger partial charge in [0.2, 0.25) is 0 Å². The van der Waals surface area contributed by atoms with E-state index < -0.39 is 6.03 Å². The fraction of sp³-hybridized carbons (Fsp3) is 0.125. The molecular formula is C16H16ClN3O3. The monoisotopic (exact) mass is 333 g/mol. The second-order valence-electron chi connectivity index (χ2n) is 4.52. The number of hydrogen-bond acceptors (Lipinski definition) is 4. The molecule has 120 valence electrons. The Morgan fingerprint density at radius 1 is 1.30 bits per heavy atom. The molecule has 0 atom stereocenters. The number of rotatable bonds is 6. The Balaban J connectivity index is 2.14. The molecule has 0 heterocycles. The molecule has 2 aromatic carbocycles. The minimum absolute atomic E-state index is 0.302. The molecule has 0 aliphatic carbocycles. The van der Waals surface area contributed by atoms with Gasteiger partial charge in [-0.15, -0.1) is 0 Å². The zero-order valence-electron chi connectivity index (χ0n) is 12.5. The molecule has 0 saturated heterocycles. The van der Waals surface area contributed by atoms with Crippen molar-refractivity contribution >= 4 is 23.8 Å².